The van der Waals surface area contributed by atoms with E-state index in [4.69, 9.17) is 16.3 Å². The molecule has 0 bridgehead atoms. The molecule has 1 N–H and O–H groups in total. The SMILES string of the molecule is COC(=O)c1cnc(N[C@@H](C)c2ccccc2)nc1-c1cnc2c(Cl)cccn12. The number of fused-ring (bicyclic) bond motifs is 1. The van der Waals surface area contributed by atoms with Crippen molar-refractivity contribution in [3.8, 4) is 11.4 Å². The van der Waals surface area contributed by atoms with Gasteiger partial charge in [0.25, 0.3) is 0 Å². The summed E-state index contributed by atoms with van der Waals surface area (Å²) in [5.41, 5.74) is 2.93. The molecular formula is C21H18ClN5O2. The Labute approximate surface area is 172 Å². The summed E-state index contributed by atoms with van der Waals surface area (Å²) in [6.07, 6.45) is 4.89. The first-order valence-corrected chi connectivity index (χ1v) is 9.35. The van der Waals surface area contributed by atoms with Crippen LogP contribution in [0.2, 0.25) is 5.02 Å². The Morgan fingerprint density at radius 2 is 1.93 bits per heavy atom. The molecular weight excluding hydrogens is 390 g/mol. The van der Waals surface area contributed by atoms with Crippen LogP contribution in [0.5, 0.6) is 0 Å². The Bertz CT molecular complexity index is 1180. The van der Waals surface area contributed by atoms with Crippen molar-refractivity contribution in [2.75, 3.05) is 12.4 Å². The summed E-state index contributed by atoms with van der Waals surface area (Å²) >= 11 is 6.24. The number of methoxy groups -OCH3 is 1. The second-order valence-corrected chi connectivity index (χ2v) is 6.82. The van der Waals surface area contributed by atoms with Crippen LogP contribution in [-0.2, 0) is 4.74 Å². The van der Waals surface area contributed by atoms with Crippen molar-refractivity contribution in [3.63, 3.8) is 0 Å². The number of rotatable bonds is 5. The fraction of sp³-hybridized carbons (Fsp3) is 0.143. The van der Waals surface area contributed by atoms with Crippen molar-refractivity contribution >= 4 is 29.2 Å². The van der Waals surface area contributed by atoms with E-state index in [1.165, 1.54) is 13.3 Å². The molecule has 0 spiro atoms. The third-order valence-corrected chi connectivity index (χ3v) is 4.87. The minimum atomic E-state index is -0.528. The first-order chi connectivity index (χ1) is 14.1. The van der Waals surface area contributed by atoms with E-state index in [1.54, 1.807) is 22.7 Å². The second kappa shape index (κ2) is 7.89. The lowest BCUT2D eigenvalue weighted by Gasteiger charge is -2.15. The van der Waals surface area contributed by atoms with Gasteiger partial charge in [0.05, 0.1) is 30.1 Å². The molecule has 0 amide bonds. The van der Waals surface area contributed by atoms with E-state index in [-0.39, 0.29) is 11.6 Å². The average molecular weight is 408 g/mol. The van der Waals surface area contributed by atoms with Gasteiger partial charge in [-0.1, -0.05) is 41.9 Å². The van der Waals surface area contributed by atoms with Gasteiger partial charge in [-0.05, 0) is 24.6 Å². The summed E-state index contributed by atoms with van der Waals surface area (Å²) in [5, 5.41) is 3.78. The predicted molar refractivity (Wildman–Crippen MR) is 111 cm³/mol. The molecule has 8 heteroatoms. The molecule has 4 aromatic rings. The number of nitrogens with one attached hydrogen (secondary N) is 1. The number of carbonyl (C=O) groups is 1. The molecule has 3 heterocycles. The zero-order valence-electron chi connectivity index (χ0n) is 15.8. The van der Waals surface area contributed by atoms with Crippen LogP contribution in [-0.4, -0.2) is 32.4 Å². The van der Waals surface area contributed by atoms with E-state index in [9.17, 15) is 4.79 Å². The topological polar surface area (TPSA) is 81.4 Å². The molecule has 0 unspecified atom stereocenters. The molecule has 0 fully saturated rings. The quantitative estimate of drug-likeness (QED) is 0.494. The Balaban J connectivity index is 1.79. The van der Waals surface area contributed by atoms with Gasteiger partial charge in [0.15, 0.2) is 5.65 Å². The maximum atomic E-state index is 12.3. The highest BCUT2D eigenvalue weighted by atomic mass is 35.5. The first kappa shape index (κ1) is 18.9. The van der Waals surface area contributed by atoms with Crippen LogP contribution in [0.1, 0.15) is 28.9 Å². The van der Waals surface area contributed by atoms with Crippen molar-refractivity contribution in [1.82, 2.24) is 19.4 Å². The molecule has 0 aliphatic heterocycles. The van der Waals surface area contributed by atoms with Gasteiger partial charge in [-0.3, -0.25) is 4.40 Å². The minimum absolute atomic E-state index is 0.0235. The van der Waals surface area contributed by atoms with E-state index in [0.717, 1.165) is 5.56 Å². The van der Waals surface area contributed by atoms with Gasteiger partial charge in [0.2, 0.25) is 5.95 Å². The van der Waals surface area contributed by atoms with Crippen molar-refractivity contribution in [1.29, 1.82) is 0 Å². The number of hydrogen-bond donors (Lipinski definition) is 1. The summed E-state index contributed by atoms with van der Waals surface area (Å²) in [4.78, 5) is 25.6. The molecule has 29 heavy (non-hydrogen) atoms. The van der Waals surface area contributed by atoms with E-state index in [1.807, 2.05) is 43.5 Å². The van der Waals surface area contributed by atoms with Gasteiger partial charge < -0.3 is 10.1 Å². The number of imidazole rings is 1. The largest absolute Gasteiger partial charge is 0.465 e. The fourth-order valence-electron chi connectivity index (χ4n) is 3.08. The van der Waals surface area contributed by atoms with Crippen LogP contribution < -0.4 is 5.32 Å². The molecule has 3 aromatic heterocycles. The highest BCUT2D eigenvalue weighted by Crippen LogP contribution is 2.27. The van der Waals surface area contributed by atoms with E-state index >= 15 is 0 Å². The van der Waals surface area contributed by atoms with E-state index < -0.39 is 5.97 Å². The standard InChI is InChI=1S/C21H18ClN5O2/c1-13(14-7-4-3-5-8-14)25-21-24-11-15(20(28)29-2)18(26-21)17-12-23-19-16(22)9-6-10-27(17)19/h3-13H,1-2H3,(H,24,25,26)/t13-/m0/s1. The number of halogens is 1. The van der Waals surface area contributed by atoms with Gasteiger partial charge in [-0.15, -0.1) is 0 Å². The van der Waals surface area contributed by atoms with Crippen LogP contribution in [0.15, 0.2) is 61.1 Å². The Hall–Kier alpha value is -3.45. The highest BCUT2D eigenvalue weighted by molar-refractivity contribution is 6.33. The molecule has 0 radical (unpaired) electrons. The molecule has 4 rings (SSSR count). The highest BCUT2D eigenvalue weighted by Gasteiger charge is 2.21. The van der Waals surface area contributed by atoms with Crippen molar-refractivity contribution in [2.24, 2.45) is 0 Å². The Morgan fingerprint density at radius 3 is 2.69 bits per heavy atom. The molecule has 1 aromatic carbocycles. The normalized spacial score (nSPS) is 12.0. The van der Waals surface area contributed by atoms with Crippen molar-refractivity contribution < 1.29 is 9.53 Å². The lowest BCUT2D eigenvalue weighted by atomic mass is 10.1. The molecule has 7 nitrogen and oxygen atoms in total. The number of hydrogen-bond acceptors (Lipinski definition) is 6. The average Bonchev–Trinajstić information content (AvgIpc) is 3.19. The van der Waals surface area contributed by atoms with Gasteiger partial charge in [0.1, 0.15) is 11.3 Å². The number of carbonyl (C=O) groups excluding carboxylic acids is 1. The minimum Gasteiger partial charge on any atom is -0.465 e. The predicted octanol–water partition coefficient (Wildman–Crippen LogP) is 4.40. The van der Waals surface area contributed by atoms with E-state index in [0.29, 0.717) is 28.0 Å². The molecule has 0 saturated carbocycles. The number of esters is 1. The second-order valence-electron chi connectivity index (χ2n) is 6.42. The third kappa shape index (κ3) is 3.64. The van der Waals surface area contributed by atoms with E-state index in [2.05, 4.69) is 20.3 Å². The maximum Gasteiger partial charge on any atom is 0.341 e. The smallest absolute Gasteiger partial charge is 0.341 e. The van der Waals surface area contributed by atoms with Crippen LogP contribution in [0.4, 0.5) is 5.95 Å². The van der Waals surface area contributed by atoms with Crippen LogP contribution >= 0.6 is 11.6 Å². The summed E-state index contributed by atoms with van der Waals surface area (Å²) in [7, 11) is 1.32. The molecule has 146 valence electrons. The van der Waals surface area contributed by atoms with Crippen LogP contribution in [0.25, 0.3) is 17.0 Å². The van der Waals surface area contributed by atoms with Gasteiger partial charge >= 0.3 is 5.97 Å². The van der Waals surface area contributed by atoms with Gasteiger partial charge in [-0.2, -0.15) is 0 Å². The number of ether oxygens (including phenoxy) is 1. The van der Waals surface area contributed by atoms with Gasteiger partial charge in [-0.25, -0.2) is 19.7 Å². The summed E-state index contributed by atoms with van der Waals surface area (Å²) in [6.45, 7) is 2.01. The summed E-state index contributed by atoms with van der Waals surface area (Å²) < 4.78 is 6.69. The number of aromatic nitrogens is 4. The maximum absolute atomic E-state index is 12.3. The number of nitrogens with zero attached hydrogens (tertiary/aromatic N) is 4. The van der Waals surface area contributed by atoms with Crippen LogP contribution in [0, 0.1) is 0 Å². The lowest BCUT2D eigenvalue weighted by Crippen LogP contribution is -2.13. The number of pyridine rings is 1. The number of benzene rings is 1. The molecule has 0 saturated heterocycles. The zero-order valence-corrected chi connectivity index (χ0v) is 16.6. The molecule has 0 aliphatic carbocycles. The van der Waals surface area contributed by atoms with Crippen LogP contribution in [0.3, 0.4) is 0 Å². The Morgan fingerprint density at radius 1 is 1.14 bits per heavy atom. The van der Waals surface area contributed by atoms with Crippen molar-refractivity contribution in [2.45, 2.75) is 13.0 Å². The lowest BCUT2D eigenvalue weighted by molar-refractivity contribution is 0.0600. The summed E-state index contributed by atoms with van der Waals surface area (Å²) in [6, 6.07) is 13.5. The number of anilines is 1. The molecule has 1 atom stereocenters. The fourth-order valence-corrected chi connectivity index (χ4v) is 3.29. The Kier molecular flexibility index (Phi) is 5.14. The van der Waals surface area contributed by atoms with Gasteiger partial charge in [0, 0.05) is 12.4 Å². The molecule has 0 aliphatic rings. The van der Waals surface area contributed by atoms with Crippen molar-refractivity contribution in [3.05, 3.63) is 77.2 Å². The zero-order chi connectivity index (χ0) is 20.4. The first-order valence-electron chi connectivity index (χ1n) is 8.97. The summed E-state index contributed by atoms with van der Waals surface area (Å²) in [5.74, 6) is -0.138. The third-order valence-electron chi connectivity index (χ3n) is 4.57. The monoisotopic (exact) mass is 407 g/mol.